The Kier molecular flexibility index (Phi) is 7.99. The van der Waals surface area contributed by atoms with Crippen molar-refractivity contribution in [3.63, 3.8) is 0 Å². The Morgan fingerprint density at radius 3 is 2.52 bits per heavy atom. The van der Waals surface area contributed by atoms with Crippen LogP contribution in [0.5, 0.6) is 0 Å². The van der Waals surface area contributed by atoms with Gasteiger partial charge < -0.3 is 5.73 Å². The van der Waals surface area contributed by atoms with Gasteiger partial charge in [0.1, 0.15) is 17.0 Å². The minimum atomic E-state index is 0.437. The van der Waals surface area contributed by atoms with Crippen LogP contribution in [0.4, 0.5) is 0 Å². The lowest BCUT2D eigenvalue weighted by Gasteiger charge is -2.02. The number of nitrogens with two attached hydrogens (primary N) is 1. The van der Waals surface area contributed by atoms with Gasteiger partial charge in [0.15, 0.2) is 6.29 Å². The normalized spacial score (nSPS) is 9.81. The molecule has 0 fully saturated rings. The van der Waals surface area contributed by atoms with Gasteiger partial charge in [-0.2, -0.15) is 12.6 Å². The van der Waals surface area contributed by atoms with Crippen molar-refractivity contribution in [2.75, 3.05) is 13.3 Å². The standard InChI is InChI=1S/C16H10N4OS2.CH5N.CH4S/c1-9-15(23-16(19-9)10-5-17-8-18-6-10)14-12-2-3-22-13(12)4-11(7-21)20-14;2*1-2/h2-8H,1H3;2H2,1H3;2H,1H3. The van der Waals surface area contributed by atoms with E-state index in [2.05, 4.69) is 38.3 Å². The monoisotopic (exact) mass is 417 g/mol. The van der Waals surface area contributed by atoms with Gasteiger partial charge in [-0.25, -0.2) is 19.9 Å². The third-order valence-corrected chi connectivity index (χ3v) is 5.49. The summed E-state index contributed by atoms with van der Waals surface area (Å²) < 4.78 is 1.05. The van der Waals surface area contributed by atoms with Crippen LogP contribution < -0.4 is 5.73 Å². The van der Waals surface area contributed by atoms with Gasteiger partial charge in [-0.3, -0.25) is 4.79 Å². The predicted molar refractivity (Wildman–Crippen MR) is 117 cm³/mol. The third-order valence-electron chi connectivity index (χ3n) is 3.41. The number of nitrogens with zero attached hydrogens (tertiary/aromatic N) is 4. The zero-order valence-corrected chi connectivity index (χ0v) is 17.6. The fraction of sp³-hybridized carbons (Fsp3) is 0.167. The largest absolute Gasteiger partial charge is 0.333 e. The summed E-state index contributed by atoms with van der Waals surface area (Å²) in [5.74, 6) is 0. The number of aldehydes is 1. The van der Waals surface area contributed by atoms with Crippen molar-refractivity contribution in [2.24, 2.45) is 5.73 Å². The van der Waals surface area contributed by atoms with Crippen LogP contribution in [0.1, 0.15) is 16.2 Å². The van der Waals surface area contributed by atoms with Crippen LogP contribution in [0.2, 0.25) is 0 Å². The van der Waals surface area contributed by atoms with Crippen molar-refractivity contribution in [1.82, 2.24) is 19.9 Å². The van der Waals surface area contributed by atoms with Gasteiger partial charge in [0.05, 0.1) is 16.3 Å². The van der Waals surface area contributed by atoms with Gasteiger partial charge in [0, 0.05) is 28.0 Å². The van der Waals surface area contributed by atoms with Crippen LogP contribution in [0.3, 0.4) is 0 Å². The molecule has 140 valence electrons. The second kappa shape index (κ2) is 10.2. The van der Waals surface area contributed by atoms with E-state index < -0.39 is 0 Å². The number of thiazole rings is 1. The van der Waals surface area contributed by atoms with Gasteiger partial charge in [0.25, 0.3) is 0 Å². The lowest BCUT2D eigenvalue weighted by molar-refractivity contribution is 0.111. The minimum absolute atomic E-state index is 0.437. The van der Waals surface area contributed by atoms with E-state index in [9.17, 15) is 4.79 Å². The molecule has 0 saturated heterocycles. The first-order chi connectivity index (χ1) is 13.3. The van der Waals surface area contributed by atoms with Crippen LogP contribution in [-0.2, 0) is 0 Å². The van der Waals surface area contributed by atoms with Crippen molar-refractivity contribution in [2.45, 2.75) is 6.92 Å². The Morgan fingerprint density at radius 2 is 1.85 bits per heavy atom. The molecule has 4 aromatic heterocycles. The molecule has 6 nitrogen and oxygen atoms in total. The van der Waals surface area contributed by atoms with Gasteiger partial charge in [-0.15, -0.1) is 22.7 Å². The second-order valence-corrected chi connectivity index (χ2v) is 6.85. The maximum absolute atomic E-state index is 11.2. The molecule has 4 aromatic rings. The first-order valence-electron chi connectivity index (χ1n) is 7.85. The van der Waals surface area contributed by atoms with Crippen molar-refractivity contribution >= 4 is 51.7 Å². The summed E-state index contributed by atoms with van der Waals surface area (Å²) in [5.41, 5.74) is 7.51. The second-order valence-electron chi connectivity index (χ2n) is 4.91. The van der Waals surface area contributed by atoms with Gasteiger partial charge >= 0.3 is 0 Å². The molecule has 0 amide bonds. The highest BCUT2D eigenvalue weighted by atomic mass is 32.1. The zero-order chi connectivity index (χ0) is 19.8. The molecule has 0 atom stereocenters. The molecule has 0 saturated carbocycles. The number of thiol groups is 1. The lowest BCUT2D eigenvalue weighted by atomic mass is 10.2. The number of pyridine rings is 1. The number of hydrogen-bond donors (Lipinski definition) is 2. The first kappa shape index (κ1) is 21.1. The highest BCUT2D eigenvalue weighted by Gasteiger charge is 2.16. The molecule has 0 spiro atoms. The average Bonchev–Trinajstić information content (AvgIpc) is 3.37. The Morgan fingerprint density at radius 1 is 1.15 bits per heavy atom. The summed E-state index contributed by atoms with van der Waals surface area (Å²) in [6.45, 7) is 1.95. The molecule has 0 aliphatic rings. The number of aryl methyl sites for hydroxylation is 1. The summed E-state index contributed by atoms with van der Waals surface area (Å²) in [6.07, 6.45) is 7.45. The Labute approximate surface area is 171 Å². The molecule has 0 bridgehead atoms. The number of carbonyl (C=O) groups excluding carboxylic acids is 1. The lowest BCUT2D eigenvalue weighted by Crippen LogP contribution is -1.90. The molecule has 4 heterocycles. The van der Waals surface area contributed by atoms with Crippen molar-refractivity contribution in [3.05, 3.63) is 47.6 Å². The summed E-state index contributed by atoms with van der Waals surface area (Å²) >= 11 is 6.67. The maximum Gasteiger partial charge on any atom is 0.168 e. The number of carbonyl (C=O) groups is 1. The van der Waals surface area contributed by atoms with Crippen LogP contribution >= 0.6 is 35.3 Å². The van der Waals surface area contributed by atoms with E-state index in [1.807, 2.05) is 24.4 Å². The molecule has 0 unspecified atom stereocenters. The molecule has 0 aromatic carbocycles. The van der Waals surface area contributed by atoms with E-state index in [0.29, 0.717) is 5.69 Å². The fourth-order valence-electron chi connectivity index (χ4n) is 2.37. The van der Waals surface area contributed by atoms with Gasteiger partial charge in [-0.1, -0.05) is 0 Å². The van der Waals surface area contributed by atoms with Crippen molar-refractivity contribution in [3.8, 4) is 21.1 Å². The number of aromatic nitrogens is 4. The molecule has 2 N–H and O–H groups in total. The number of fused-ring (bicyclic) bond motifs is 1. The third kappa shape index (κ3) is 4.56. The van der Waals surface area contributed by atoms with E-state index in [-0.39, 0.29) is 0 Å². The maximum atomic E-state index is 11.2. The number of rotatable bonds is 3. The average molecular weight is 418 g/mol. The molecular formula is C18H19N5OS3. The number of thiophene rings is 1. The molecule has 27 heavy (non-hydrogen) atoms. The van der Waals surface area contributed by atoms with E-state index in [1.165, 1.54) is 24.7 Å². The fourth-order valence-corrected chi connectivity index (χ4v) is 4.24. The van der Waals surface area contributed by atoms with E-state index in [0.717, 1.165) is 43.2 Å². The quantitative estimate of drug-likeness (QED) is 0.385. The summed E-state index contributed by atoms with van der Waals surface area (Å²) in [6, 6.07) is 3.85. The van der Waals surface area contributed by atoms with Gasteiger partial charge in [-0.05, 0) is 37.7 Å². The summed E-state index contributed by atoms with van der Waals surface area (Å²) in [5, 5.41) is 3.90. The smallest absolute Gasteiger partial charge is 0.168 e. The van der Waals surface area contributed by atoms with Crippen molar-refractivity contribution in [1.29, 1.82) is 0 Å². The molecule has 0 radical (unpaired) electrons. The van der Waals surface area contributed by atoms with E-state index >= 15 is 0 Å². The SMILES string of the molecule is CN.CS.Cc1nc(-c2cncnc2)sc1-c1nc(C=O)cc2sccc12. The van der Waals surface area contributed by atoms with E-state index in [1.54, 1.807) is 30.0 Å². The van der Waals surface area contributed by atoms with Crippen LogP contribution in [0, 0.1) is 6.92 Å². The molecular weight excluding hydrogens is 398 g/mol. The minimum Gasteiger partial charge on any atom is -0.333 e. The van der Waals surface area contributed by atoms with E-state index in [4.69, 9.17) is 0 Å². The summed E-state index contributed by atoms with van der Waals surface area (Å²) in [4.78, 5) is 29.3. The van der Waals surface area contributed by atoms with Gasteiger partial charge in [0.2, 0.25) is 0 Å². The van der Waals surface area contributed by atoms with Crippen molar-refractivity contribution < 1.29 is 4.79 Å². The first-order valence-corrected chi connectivity index (χ1v) is 10.4. The van der Waals surface area contributed by atoms with Crippen LogP contribution in [0.15, 0.2) is 36.2 Å². The highest BCUT2D eigenvalue weighted by molar-refractivity contribution is 7.79. The zero-order valence-electron chi connectivity index (χ0n) is 15.1. The Bertz CT molecular complexity index is 1010. The topological polar surface area (TPSA) is 94.7 Å². The molecule has 9 heteroatoms. The molecule has 0 aliphatic heterocycles. The Hall–Kier alpha value is -2.20. The highest BCUT2D eigenvalue weighted by Crippen LogP contribution is 2.38. The molecule has 4 rings (SSSR count). The predicted octanol–water partition coefficient (Wildman–Crippen LogP) is 4.12. The summed E-state index contributed by atoms with van der Waals surface area (Å²) in [7, 11) is 1.50. The molecule has 0 aliphatic carbocycles. The van der Waals surface area contributed by atoms with Crippen LogP contribution in [-0.4, -0.2) is 39.5 Å². The van der Waals surface area contributed by atoms with Crippen LogP contribution in [0.25, 0.3) is 31.2 Å². The number of hydrogen-bond acceptors (Lipinski definition) is 9. The Balaban J connectivity index is 0.000000614.